The zero-order valence-corrected chi connectivity index (χ0v) is 12.6. The lowest BCUT2D eigenvalue weighted by molar-refractivity contribution is 0.102. The highest BCUT2D eigenvalue weighted by atomic mass is 35.5. The third-order valence-corrected chi connectivity index (χ3v) is 3.59. The van der Waals surface area contributed by atoms with E-state index in [4.69, 9.17) is 23.2 Å². The van der Waals surface area contributed by atoms with Crippen LogP contribution >= 0.6 is 23.2 Å². The van der Waals surface area contributed by atoms with Crippen LogP contribution in [-0.4, -0.2) is 15.3 Å². The highest BCUT2D eigenvalue weighted by molar-refractivity contribution is 6.36. The van der Waals surface area contributed by atoms with Gasteiger partial charge in [0.1, 0.15) is 0 Å². The van der Waals surface area contributed by atoms with Crippen LogP contribution in [0.15, 0.2) is 42.7 Å². The zero-order valence-electron chi connectivity index (χ0n) is 11.1. The van der Waals surface area contributed by atoms with Crippen LogP contribution in [0, 0.1) is 6.92 Å². The lowest BCUT2D eigenvalue weighted by atomic mass is 10.2. The zero-order chi connectivity index (χ0) is 15.0. The number of benzene rings is 1. The molecule has 0 aliphatic rings. The van der Waals surface area contributed by atoms with E-state index >= 15 is 0 Å². The van der Waals surface area contributed by atoms with Gasteiger partial charge < -0.3 is 9.72 Å². The van der Waals surface area contributed by atoms with Crippen LogP contribution in [0.2, 0.25) is 10.0 Å². The topological polar surface area (TPSA) is 46.4 Å². The van der Waals surface area contributed by atoms with Crippen LogP contribution in [0.5, 0.6) is 0 Å². The molecule has 2 heterocycles. The van der Waals surface area contributed by atoms with Crippen molar-refractivity contribution in [3.8, 4) is 0 Å². The number of rotatable bonds is 2. The van der Waals surface area contributed by atoms with Gasteiger partial charge in [0.25, 0.3) is 5.91 Å². The molecule has 2 aromatic heterocycles. The van der Waals surface area contributed by atoms with E-state index in [1.165, 1.54) is 6.07 Å². The van der Waals surface area contributed by atoms with E-state index in [0.29, 0.717) is 26.9 Å². The van der Waals surface area contributed by atoms with Crippen molar-refractivity contribution in [2.24, 2.45) is 0 Å². The molecule has 4 nitrogen and oxygen atoms in total. The first kappa shape index (κ1) is 13.9. The maximum Gasteiger partial charge on any atom is 0.257 e. The third-order valence-electron chi connectivity index (χ3n) is 3.02. The second-order valence-electron chi connectivity index (χ2n) is 4.61. The molecule has 0 bridgehead atoms. The first-order valence-electron chi connectivity index (χ1n) is 6.25. The summed E-state index contributed by atoms with van der Waals surface area (Å²) in [7, 11) is 0. The summed E-state index contributed by atoms with van der Waals surface area (Å²) in [6.07, 6.45) is 3.76. The minimum atomic E-state index is -0.323. The molecule has 0 saturated carbocycles. The molecule has 6 heteroatoms. The predicted octanol–water partition coefficient (Wildman–Crippen LogP) is 4.20. The van der Waals surface area contributed by atoms with E-state index in [1.54, 1.807) is 18.2 Å². The number of aryl methyl sites for hydroxylation is 1. The molecule has 0 fully saturated rings. The van der Waals surface area contributed by atoms with Crippen molar-refractivity contribution in [2.45, 2.75) is 6.92 Å². The van der Waals surface area contributed by atoms with Crippen molar-refractivity contribution < 1.29 is 4.79 Å². The van der Waals surface area contributed by atoms with Gasteiger partial charge in [0.05, 0.1) is 22.0 Å². The summed E-state index contributed by atoms with van der Waals surface area (Å²) in [6, 6.07) is 8.40. The number of halogens is 2. The molecule has 3 rings (SSSR count). The van der Waals surface area contributed by atoms with Crippen LogP contribution in [0.3, 0.4) is 0 Å². The highest BCUT2D eigenvalue weighted by Gasteiger charge is 2.13. The number of anilines is 1. The lowest BCUT2D eigenvalue weighted by Crippen LogP contribution is -2.13. The highest BCUT2D eigenvalue weighted by Crippen LogP contribution is 2.23. The van der Waals surface area contributed by atoms with E-state index in [1.807, 2.05) is 29.8 Å². The maximum absolute atomic E-state index is 12.3. The number of carbonyl (C=O) groups excluding carboxylic acids is 1. The van der Waals surface area contributed by atoms with Crippen LogP contribution < -0.4 is 5.32 Å². The minimum absolute atomic E-state index is 0.323. The Morgan fingerprint density at radius 2 is 2.10 bits per heavy atom. The van der Waals surface area contributed by atoms with Gasteiger partial charge in [0, 0.05) is 17.4 Å². The number of hydrogen-bond donors (Lipinski definition) is 1. The molecular formula is C15H11Cl2N3O. The summed E-state index contributed by atoms with van der Waals surface area (Å²) < 4.78 is 1.85. The molecule has 1 amide bonds. The van der Waals surface area contributed by atoms with E-state index < -0.39 is 0 Å². The van der Waals surface area contributed by atoms with Gasteiger partial charge in [-0.15, -0.1) is 0 Å². The van der Waals surface area contributed by atoms with E-state index in [2.05, 4.69) is 10.3 Å². The smallest absolute Gasteiger partial charge is 0.257 e. The molecule has 3 aromatic rings. The van der Waals surface area contributed by atoms with Crippen LogP contribution in [-0.2, 0) is 0 Å². The molecule has 0 saturated heterocycles. The average molecular weight is 320 g/mol. The fraction of sp³-hybridized carbons (Fsp3) is 0.0667. The molecular weight excluding hydrogens is 309 g/mol. The number of hydrogen-bond acceptors (Lipinski definition) is 2. The van der Waals surface area contributed by atoms with E-state index in [-0.39, 0.29) is 5.91 Å². The van der Waals surface area contributed by atoms with Gasteiger partial charge in [0.2, 0.25) is 0 Å². The summed E-state index contributed by atoms with van der Waals surface area (Å²) in [5.74, 6) is -0.323. The molecule has 21 heavy (non-hydrogen) atoms. The molecule has 0 spiro atoms. The number of amides is 1. The van der Waals surface area contributed by atoms with Crippen LogP contribution in [0.1, 0.15) is 16.1 Å². The first-order valence-corrected chi connectivity index (χ1v) is 7.01. The summed E-state index contributed by atoms with van der Waals surface area (Å²) in [5.41, 5.74) is 2.50. The Morgan fingerprint density at radius 3 is 2.90 bits per heavy atom. The molecule has 1 N–H and O–H groups in total. The number of pyridine rings is 1. The Hall–Kier alpha value is -2.04. The van der Waals surface area contributed by atoms with Gasteiger partial charge in [-0.1, -0.05) is 23.2 Å². The summed E-state index contributed by atoms with van der Waals surface area (Å²) in [4.78, 5) is 16.7. The SMILES string of the molecule is Cc1cn2cccc(NC(=O)c3cc(Cl)ccc3Cl)c2n1. The average Bonchev–Trinajstić information content (AvgIpc) is 2.83. The van der Waals surface area contributed by atoms with Crippen LogP contribution in [0.25, 0.3) is 5.65 Å². The van der Waals surface area contributed by atoms with Gasteiger partial charge in [-0.05, 0) is 37.3 Å². The van der Waals surface area contributed by atoms with Crippen molar-refractivity contribution in [2.75, 3.05) is 5.32 Å². The van der Waals surface area contributed by atoms with Crippen LogP contribution in [0.4, 0.5) is 5.69 Å². The Kier molecular flexibility index (Phi) is 3.57. The fourth-order valence-corrected chi connectivity index (χ4v) is 2.47. The van der Waals surface area contributed by atoms with E-state index in [0.717, 1.165) is 5.69 Å². The quantitative estimate of drug-likeness (QED) is 0.769. The molecule has 0 aliphatic carbocycles. The molecule has 0 unspecified atom stereocenters. The first-order chi connectivity index (χ1) is 10.0. The number of carbonyl (C=O) groups is 1. The maximum atomic E-state index is 12.3. The molecule has 106 valence electrons. The fourth-order valence-electron chi connectivity index (χ4n) is 2.09. The van der Waals surface area contributed by atoms with Crippen molar-refractivity contribution in [1.29, 1.82) is 0 Å². The van der Waals surface area contributed by atoms with Crippen molar-refractivity contribution >= 4 is 40.4 Å². The molecule has 0 aliphatic heterocycles. The van der Waals surface area contributed by atoms with Gasteiger partial charge in [0.15, 0.2) is 5.65 Å². The molecule has 0 radical (unpaired) electrons. The number of nitrogens with one attached hydrogen (secondary N) is 1. The standard InChI is InChI=1S/C15H11Cl2N3O/c1-9-8-20-6-2-3-13(14(20)18-9)19-15(21)11-7-10(16)4-5-12(11)17/h2-8H,1H3,(H,19,21). The number of nitrogens with zero attached hydrogens (tertiary/aromatic N) is 2. The minimum Gasteiger partial charge on any atom is -0.319 e. The Morgan fingerprint density at radius 1 is 1.29 bits per heavy atom. The number of imidazole rings is 1. The van der Waals surface area contributed by atoms with Crippen molar-refractivity contribution in [3.05, 3.63) is 64.0 Å². The second-order valence-corrected chi connectivity index (χ2v) is 5.46. The van der Waals surface area contributed by atoms with Gasteiger partial charge >= 0.3 is 0 Å². The molecule has 1 aromatic carbocycles. The van der Waals surface area contributed by atoms with Gasteiger partial charge in [-0.3, -0.25) is 4.79 Å². The predicted molar refractivity (Wildman–Crippen MR) is 84.3 cm³/mol. The molecule has 0 atom stereocenters. The number of fused-ring (bicyclic) bond motifs is 1. The third kappa shape index (κ3) is 2.73. The summed E-state index contributed by atoms with van der Waals surface area (Å²) in [6.45, 7) is 1.90. The Bertz CT molecular complexity index is 842. The largest absolute Gasteiger partial charge is 0.319 e. The van der Waals surface area contributed by atoms with Gasteiger partial charge in [-0.2, -0.15) is 0 Å². The second kappa shape index (κ2) is 5.39. The van der Waals surface area contributed by atoms with Gasteiger partial charge in [-0.25, -0.2) is 4.98 Å². The van der Waals surface area contributed by atoms with Crippen molar-refractivity contribution in [3.63, 3.8) is 0 Å². The Labute approximate surface area is 131 Å². The number of aromatic nitrogens is 2. The lowest BCUT2D eigenvalue weighted by Gasteiger charge is -2.08. The normalized spacial score (nSPS) is 10.8. The van der Waals surface area contributed by atoms with Crippen molar-refractivity contribution in [1.82, 2.24) is 9.38 Å². The summed E-state index contributed by atoms with van der Waals surface area (Å²) in [5, 5.41) is 3.63. The monoisotopic (exact) mass is 319 g/mol. The van der Waals surface area contributed by atoms with E-state index in [9.17, 15) is 4.79 Å². The summed E-state index contributed by atoms with van der Waals surface area (Å²) >= 11 is 11.9. The Balaban J connectivity index is 1.98.